The van der Waals surface area contributed by atoms with Gasteiger partial charge in [-0.25, -0.2) is 0 Å². The molecule has 0 saturated heterocycles. The molecule has 0 aromatic heterocycles. The van der Waals surface area contributed by atoms with Crippen molar-refractivity contribution < 1.29 is 0 Å². The van der Waals surface area contributed by atoms with E-state index in [0.29, 0.717) is 5.41 Å². The van der Waals surface area contributed by atoms with Crippen LogP contribution in [0, 0.1) is 20.8 Å². The van der Waals surface area contributed by atoms with E-state index in [0.717, 1.165) is 18.4 Å². The minimum atomic E-state index is 0.500. The molecule has 2 rings (SSSR count). The molecule has 1 aromatic rings. The van der Waals surface area contributed by atoms with Crippen molar-refractivity contribution in [1.82, 2.24) is 0 Å². The lowest BCUT2D eigenvalue weighted by molar-refractivity contribution is 0.121. The summed E-state index contributed by atoms with van der Waals surface area (Å²) in [6.45, 7) is 5.66. The molecule has 1 aliphatic carbocycles. The molecule has 18 heavy (non-hydrogen) atoms. The molecule has 1 saturated carbocycles. The molecule has 0 amide bonds. The number of hydrogen-bond donors (Lipinski definition) is 1. The number of nitrogens with two attached hydrogens (primary N) is 1. The van der Waals surface area contributed by atoms with Crippen molar-refractivity contribution in [3.8, 4) is 0 Å². The fraction of sp³-hybridized carbons (Fsp3) is 0.625. The van der Waals surface area contributed by atoms with Crippen molar-refractivity contribution in [3.05, 3.63) is 33.4 Å². The number of halogens is 1. The predicted molar refractivity (Wildman–Crippen MR) is 86.5 cm³/mol. The van der Waals surface area contributed by atoms with E-state index in [9.17, 15) is 0 Å². The zero-order chi connectivity index (χ0) is 13.2. The van der Waals surface area contributed by atoms with Gasteiger partial charge in [-0.3, -0.25) is 0 Å². The van der Waals surface area contributed by atoms with Gasteiger partial charge in [-0.15, -0.1) is 0 Å². The third kappa shape index (κ3) is 3.70. The average molecular weight is 357 g/mol. The van der Waals surface area contributed by atoms with Crippen LogP contribution in [-0.2, 0) is 6.42 Å². The van der Waals surface area contributed by atoms with Gasteiger partial charge >= 0.3 is 0 Å². The molecule has 2 N–H and O–H groups in total. The summed E-state index contributed by atoms with van der Waals surface area (Å²) in [7, 11) is 0. The normalized spacial score (nSPS) is 27.1. The van der Waals surface area contributed by atoms with Gasteiger partial charge in [0.05, 0.1) is 0 Å². The summed E-state index contributed by atoms with van der Waals surface area (Å²) in [5.74, 6) is 1.48. The first-order valence-corrected chi connectivity index (χ1v) is 8.02. The second-order valence-corrected chi connectivity index (χ2v) is 7.74. The van der Waals surface area contributed by atoms with Crippen LogP contribution in [0.1, 0.15) is 38.7 Å². The molecular formula is C16H24IN. The molecular weight excluding hydrogens is 333 g/mol. The zero-order valence-corrected chi connectivity index (χ0v) is 13.6. The maximum Gasteiger partial charge on any atom is 0.0130 e. The highest BCUT2D eigenvalue weighted by atomic mass is 127. The van der Waals surface area contributed by atoms with Crippen molar-refractivity contribution in [2.45, 2.75) is 39.5 Å². The van der Waals surface area contributed by atoms with E-state index in [1.807, 2.05) is 0 Å². The minimum absolute atomic E-state index is 0.500. The van der Waals surface area contributed by atoms with Crippen molar-refractivity contribution in [1.29, 1.82) is 0 Å². The summed E-state index contributed by atoms with van der Waals surface area (Å²) in [5, 5.41) is 0. The number of hydrogen-bond acceptors (Lipinski definition) is 1. The molecule has 1 aromatic carbocycles. The highest BCUT2D eigenvalue weighted by Gasteiger charge is 2.33. The summed E-state index contributed by atoms with van der Waals surface area (Å²) in [6, 6.07) is 8.97. The number of benzene rings is 1. The van der Waals surface area contributed by atoms with E-state index in [-0.39, 0.29) is 0 Å². The Morgan fingerprint density at radius 3 is 2.50 bits per heavy atom. The molecule has 1 nitrogen and oxygen atoms in total. The Morgan fingerprint density at radius 2 is 1.89 bits per heavy atom. The first kappa shape index (κ1) is 14.3. The van der Waals surface area contributed by atoms with Crippen molar-refractivity contribution >= 4 is 22.6 Å². The van der Waals surface area contributed by atoms with Gasteiger partial charge in [0.2, 0.25) is 0 Å². The smallest absolute Gasteiger partial charge is 0.0130 e. The molecule has 1 fully saturated rings. The van der Waals surface area contributed by atoms with Crippen LogP contribution >= 0.6 is 22.6 Å². The maximum atomic E-state index is 5.96. The van der Waals surface area contributed by atoms with Crippen LogP contribution in [0.25, 0.3) is 0 Å². The van der Waals surface area contributed by atoms with E-state index < -0.39 is 0 Å². The summed E-state index contributed by atoms with van der Waals surface area (Å²) in [6.07, 6.45) is 5.15. The summed E-state index contributed by atoms with van der Waals surface area (Å²) in [4.78, 5) is 0. The Hall–Kier alpha value is -0.0900. The summed E-state index contributed by atoms with van der Waals surface area (Å²) in [5.41, 5.74) is 7.93. The molecule has 2 atom stereocenters. The van der Waals surface area contributed by atoms with Gasteiger partial charge < -0.3 is 5.73 Å². The van der Waals surface area contributed by atoms with E-state index in [2.05, 4.69) is 60.7 Å². The van der Waals surface area contributed by atoms with Gasteiger partial charge in [-0.2, -0.15) is 0 Å². The van der Waals surface area contributed by atoms with Gasteiger partial charge in [-0.05, 0) is 89.8 Å². The zero-order valence-electron chi connectivity index (χ0n) is 11.5. The largest absolute Gasteiger partial charge is 0.330 e. The monoisotopic (exact) mass is 357 g/mol. The molecule has 2 unspecified atom stereocenters. The lowest BCUT2D eigenvalue weighted by Crippen LogP contribution is -2.35. The summed E-state index contributed by atoms with van der Waals surface area (Å²) >= 11 is 2.36. The standard InChI is InChI=1S/C16H24IN/c1-16(2)8-7-13(11-18)14(10-16)9-12-3-5-15(17)6-4-12/h3-6,13-14H,7-11,18H2,1-2H3. The van der Waals surface area contributed by atoms with E-state index in [1.54, 1.807) is 0 Å². The lowest BCUT2D eigenvalue weighted by atomic mass is 9.65. The van der Waals surface area contributed by atoms with E-state index in [1.165, 1.54) is 34.8 Å². The molecule has 0 aliphatic heterocycles. The van der Waals surface area contributed by atoms with Crippen molar-refractivity contribution in [3.63, 3.8) is 0 Å². The Kier molecular flexibility index (Phi) is 4.70. The van der Waals surface area contributed by atoms with Crippen LogP contribution < -0.4 is 5.73 Å². The van der Waals surface area contributed by atoms with Crippen LogP contribution in [0.15, 0.2) is 24.3 Å². The molecule has 100 valence electrons. The molecule has 0 spiro atoms. The summed E-state index contributed by atoms with van der Waals surface area (Å²) < 4.78 is 1.32. The lowest BCUT2D eigenvalue weighted by Gasteiger charge is -2.40. The minimum Gasteiger partial charge on any atom is -0.330 e. The average Bonchev–Trinajstić information content (AvgIpc) is 2.31. The molecule has 2 heteroatoms. The van der Waals surface area contributed by atoms with Gasteiger partial charge in [0, 0.05) is 3.57 Å². The van der Waals surface area contributed by atoms with Gasteiger partial charge in [0.25, 0.3) is 0 Å². The quantitative estimate of drug-likeness (QED) is 0.805. The van der Waals surface area contributed by atoms with E-state index >= 15 is 0 Å². The van der Waals surface area contributed by atoms with Crippen molar-refractivity contribution in [2.75, 3.05) is 6.54 Å². The third-order valence-corrected chi connectivity index (χ3v) is 5.11. The third-order valence-electron chi connectivity index (χ3n) is 4.39. The first-order chi connectivity index (χ1) is 8.50. The molecule has 0 heterocycles. The van der Waals surface area contributed by atoms with Crippen LogP contribution in [0.3, 0.4) is 0 Å². The predicted octanol–water partition coefficient (Wildman–Crippen LogP) is 4.23. The fourth-order valence-electron chi connectivity index (χ4n) is 3.26. The number of rotatable bonds is 3. The van der Waals surface area contributed by atoms with Crippen LogP contribution in [0.4, 0.5) is 0 Å². The fourth-order valence-corrected chi connectivity index (χ4v) is 3.62. The van der Waals surface area contributed by atoms with Crippen molar-refractivity contribution in [2.24, 2.45) is 23.0 Å². The Balaban J connectivity index is 2.07. The second kappa shape index (κ2) is 5.91. The Morgan fingerprint density at radius 1 is 1.22 bits per heavy atom. The van der Waals surface area contributed by atoms with Gasteiger partial charge in [-0.1, -0.05) is 26.0 Å². The molecule has 0 bridgehead atoms. The molecule has 1 aliphatic rings. The van der Waals surface area contributed by atoms with Crippen LogP contribution in [0.2, 0.25) is 0 Å². The Bertz CT molecular complexity index is 383. The van der Waals surface area contributed by atoms with Crippen LogP contribution in [0.5, 0.6) is 0 Å². The Labute approximate surface area is 125 Å². The first-order valence-electron chi connectivity index (χ1n) is 6.95. The SMILES string of the molecule is CC1(C)CCC(CN)C(Cc2ccc(I)cc2)C1. The van der Waals surface area contributed by atoms with Gasteiger partial charge in [0.1, 0.15) is 0 Å². The van der Waals surface area contributed by atoms with Crippen LogP contribution in [-0.4, -0.2) is 6.54 Å². The van der Waals surface area contributed by atoms with Gasteiger partial charge in [0.15, 0.2) is 0 Å². The second-order valence-electron chi connectivity index (χ2n) is 6.49. The highest BCUT2D eigenvalue weighted by Crippen LogP contribution is 2.42. The highest BCUT2D eigenvalue weighted by molar-refractivity contribution is 14.1. The maximum absolute atomic E-state index is 5.96. The topological polar surface area (TPSA) is 26.0 Å². The van der Waals surface area contributed by atoms with E-state index in [4.69, 9.17) is 5.73 Å². The molecule has 0 radical (unpaired) electrons.